The molecule has 6 heteroatoms. The fourth-order valence-corrected chi connectivity index (χ4v) is 2.21. The van der Waals surface area contributed by atoms with E-state index in [0.29, 0.717) is 30.1 Å². The normalized spacial score (nSPS) is 12.2. The molecular weight excluding hydrogens is 270 g/mol. The van der Waals surface area contributed by atoms with Crippen LogP contribution >= 0.6 is 0 Å². The number of aliphatic carboxylic acids is 1. The molecule has 0 spiro atoms. The van der Waals surface area contributed by atoms with Gasteiger partial charge >= 0.3 is 5.97 Å². The standard InChI is InChI=1S/C15H25N3O3/c1-10(2)12(5-6-14(19)20)7-8-16-15-17-11(3)9-13(18-15)21-4/h9-10,12H,5-8H2,1-4H3,(H,19,20)(H,16,17,18). The van der Waals surface area contributed by atoms with Gasteiger partial charge in [0.05, 0.1) is 7.11 Å². The summed E-state index contributed by atoms with van der Waals surface area (Å²) in [7, 11) is 1.58. The van der Waals surface area contributed by atoms with Gasteiger partial charge in [0.25, 0.3) is 0 Å². The van der Waals surface area contributed by atoms with E-state index in [1.54, 1.807) is 13.2 Å². The predicted molar refractivity (Wildman–Crippen MR) is 81.6 cm³/mol. The molecule has 0 aliphatic rings. The average molecular weight is 295 g/mol. The molecule has 21 heavy (non-hydrogen) atoms. The summed E-state index contributed by atoms with van der Waals surface area (Å²) in [4.78, 5) is 19.2. The number of nitrogens with one attached hydrogen (secondary N) is 1. The number of nitrogens with zero attached hydrogens (tertiary/aromatic N) is 2. The lowest BCUT2D eigenvalue weighted by atomic mass is 9.88. The Morgan fingerprint density at radius 3 is 2.67 bits per heavy atom. The van der Waals surface area contributed by atoms with E-state index in [4.69, 9.17) is 9.84 Å². The molecule has 0 radical (unpaired) electrons. The van der Waals surface area contributed by atoms with Crippen molar-refractivity contribution in [3.05, 3.63) is 11.8 Å². The second kappa shape index (κ2) is 8.44. The molecule has 0 amide bonds. The number of rotatable bonds is 9. The maximum atomic E-state index is 10.7. The minimum absolute atomic E-state index is 0.220. The number of hydrogen-bond acceptors (Lipinski definition) is 5. The van der Waals surface area contributed by atoms with Gasteiger partial charge in [-0.1, -0.05) is 13.8 Å². The summed E-state index contributed by atoms with van der Waals surface area (Å²) in [6.07, 6.45) is 1.81. The first-order chi connectivity index (χ1) is 9.92. The number of carbonyl (C=O) groups is 1. The van der Waals surface area contributed by atoms with E-state index in [1.807, 2.05) is 6.92 Å². The topological polar surface area (TPSA) is 84.3 Å². The van der Waals surface area contributed by atoms with Gasteiger partial charge in [0, 0.05) is 24.7 Å². The Hall–Kier alpha value is -1.85. The van der Waals surface area contributed by atoms with Crippen molar-refractivity contribution in [2.45, 2.75) is 40.0 Å². The highest BCUT2D eigenvalue weighted by molar-refractivity contribution is 5.66. The van der Waals surface area contributed by atoms with Gasteiger partial charge in [-0.2, -0.15) is 4.98 Å². The Kier molecular flexibility index (Phi) is 6.91. The summed E-state index contributed by atoms with van der Waals surface area (Å²) >= 11 is 0. The summed E-state index contributed by atoms with van der Waals surface area (Å²) in [5, 5.41) is 12.0. The molecule has 2 N–H and O–H groups in total. The Balaban J connectivity index is 2.49. The summed E-state index contributed by atoms with van der Waals surface area (Å²) < 4.78 is 5.11. The number of carboxylic acids is 1. The van der Waals surface area contributed by atoms with Crippen LogP contribution in [0.1, 0.15) is 38.8 Å². The fourth-order valence-electron chi connectivity index (χ4n) is 2.21. The highest BCUT2D eigenvalue weighted by Crippen LogP contribution is 2.21. The minimum atomic E-state index is -0.736. The lowest BCUT2D eigenvalue weighted by molar-refractivity contribution is -0.137. The van der Waals surface area contributed by atoms with E-state index >= 15 is 0 Å². The molecule has 0 saturated heterocycles. The van der Waals surface area contributed by atoms with E-state index in [0.717, 1.165) is 18.7 Å². The van der Waals surface area contributed by atoms with E-state index in [9.17, 15) is 4.79 Å². The molecule has 1 atom stereocenters. The largest absolute Gasteiger partial charge is 0.481 e. The molecule has 0 aliphatic carbocycles. The number of ether oxygens (including phenoxy) is 1. The first-order valence-corrected chi connectivity index (χ1v) is 7.27. The van der Waals surface area contributed by atoms with Crippen molar-refractivity contribution in [3.8, 4) is 5.88 Å². The SMILES string of the molecule is COc1cc(C)nc(NCCC(CCC(=O)O)C(C)C)n1. The number of carboxylic acid groups (broad SMARTS) is 1. The zero-order chi connectivity index (χ0) is 15.8. The molecule has 1 unspecified atom stereocenters. The van der Waals surface area contributed by atoms with Crippen LogP contribution in [0.5, 0.6) is 5.88 Å². The van der Waals surface area contributed by atoms with Crippen molar-refractivity contribution >= 4 is 11.9 Å². The van der Waals surface area contributed by atoms with E-state index in [2.05, 4.69) is 29.1 Å². The highest BCUT2D eigenvalue weighted by Gasteiger charge is 2.15. The molecule has 1 heterocycles. The van der Waals surface area contributed by atoms with E-state index < -0.39 is 5.97 Å². The summed E-state index contributed by atoms with van der Waals surface area (Å²) in [5.74, 6) is 1.18. The molecule has 6 nitrogen and oxygen atoms in total. The van der Waals surface area contributed by atoms with Gasteiger partial charge in [-0.25, -0.2) is 4.98 Å². The zero-order valence-corrected chi connectivity index (χ0v) is 13.2. The third-order valence-corrected chi connectivity index (χ3v) is 3.51. The van der Waals surface area contributed by atoms with Crippen LogP contribution in [0.15, 0.2) is 6.07 Å². The summed E-state index contributed by atoms with van der Waals surface area (Å²) in [6.45, 7) is 6.85. The number of hydrogen-bond donors (Lipinski definition) is 2. The maximum Gasteiger partial charge on any atom is 0.303 e. The van der Waals surface area contributed by atoms with Gasteiger partial charge in [0.15, 0.2) is 0 Å². The van der Waals surface area contributed by atoms with E-state index in [1.165, 1.54) is 0 Å². The van der Waals surface area contributed by atoms with Crippen molar-refractivity contribution in [3.63, 3.8) is 0 Å². The van der Waals surface area contributed by atoms with Crippen molar-refractivity contribution in [2.24, 2.45) is 11.8 Å². The monoisotopic (exact) mass is 295 g/mol. The first kappa shape index (κ1) is 17.2. The minimum Gasteiger partial charge on any atom is -0.481 e. The van der Waals surface area contributed by atoms with Crippen LogP contribution in [0.3, 0.4) is 0 Å². The van der Waals surface area contributed by atoms with Crippen molar-refractivity contribution in [2.75, 3.05) is 19.0 Å². The van der Waals surface area contributed by atoms with Crippen LogP contribution in [0.25, 0.3) is 0 Å². The Morgan fingerprint density at radius 2 is 2.10 bits per heavy atom. The zero-order valence-electron chi connectivity index (χ0n) is 13.2. The van der Waals surface area contributed by atoms with Crippen molar-refractivity contribution < 1.29 is 14.6 Å². The molecule has 0 aliphatic heterocycles. The molecular formula is C15H25N3O3. The molecule has 0 saturated carbocycles. The van der Waals surface area contributed by atoms with Gasteiger partial charge in [0.1, 0.15) is 0 Å². The molecule has 0 fully saturated rings. The Labute approximate surface area is 126 Å². The predicted octanol–water partition coefficient (Wildman–Crippen LogP) is 2.73. The summed E-state index contributed by atoms with van der Waals surface area (Å²) in [6, 6.07) is 1.77. The number of methoxy groups -OCH3 is 1. The number of aromatic nitrogens is 2. The van der Waals surface area contributed by atoms with Gasteiger partial charge < -0.3 is 15.2 Å². The van der Waals surface area contributed by atoms with Crippen LogP contribution < -0.4 is 10.1 Å². The molecule has 0 bridgehead atoms. The van der Waals surface area contributed by atoms with Gasteiger partial charge in [0.2, 0.25) is 11.8 Å². The third-order valence-electron chi connectivity index (χ3n) is 3.51. The molecule has 0 aromatic carbocycles. The first-order valence-electron chi connectivity index (χ1n) is 7.27. The Morgan fingerprint density at radius 1 is 1.38 bits per heavy atom. The fraction of sp³-hybridized carbons (Fsp3) is 0.667. The van der Waals surface area contributed by atoms with Gasteiger partial charge in [-0.3, -0.25) is 4.79 Å². The molecule has 118 valence electrons. The smallest absolute Gasteiger partial charge is 0.303 e. The van der Waals surface area contributed by atoms with Crippen LogP contribution in [0, 0.1) is 18.8 Å². The highest BCUT2D eigenvalue weighted by atomic mass is 16.5. The van der Waals surface area contributed by atoms with Crippen LogP contribution in [-0.2, 0) is 4.79 Å². The van der Waals surface area contributed by atoms with Crippen molar-refractivity contribution in [1.82, 2.24) is 9.97 Å². The van der Waals surface area contributed by atoms with Crippen LogP contribution in [-0.4, -0.2) is 34.7 Å². The molecule has 1 aromatic rings. The van der Waals surface area contributed by atoms with Gasteiger partial charge in [-0.05, 0) is 31.6 Å². The van der Waals surface area contributed by atoms with Gasteiger partial charge in [-0.15, -0.1) is 0 Å². The van der Waals surface area contributed by atoms with Crippen LogP contribution in [0.2, 0.25) is 0 Å². The molecule has 1 aromatic heterocycles. The van der Waals surface area contributed by atoms with E-state index in [-0.39, 0.29) is 6.42 Å². The lowest BCUT2D eigenvalue weighted by Crippen LogP contribution is -2.16. The quantitative estimate of drug-likeness (QED) is 0.728. The second-order valence-electron chi connectivity index (χ2n) is 5.53. The maximum absolute atomic E-state index is 10.7. The third kappa shape index (κ3) is 6.42. The Bertz CT molecular complexity index is 463. The summed E-state index contributed by atoms with van der Waals surface area (Å²) in [5.41, 5.74) is 0.843. The number of aryl methyl sites for hydroxylation is 1. The second-order valence-corrected chi connectivity index (χ2v) is 5.53. The van der Waals surface area contributed by atoms with Crippen molar-refractivity contribution in [1.29, 1.82) is 0 Å². The number of anilines is 1. The molecule has 1 rings (SSSR count). The van der Waals surface area contributed by atoms with Crippen LogP contribution in [0.4, 0.5) is 5.95 Å². The average Bonchev–Trinajstić information content (AvgIpc) is 2.41. The lowest BCUT2D eigenvalue weighted by Gasteiger charge is -2.20.